The number of hydrogen-bond donors (Lipinski definition) is 2. The second-order valence-electron chi connectivity index (χ2n) is 9.62. The van der Waals surface area contributed by atoms with Crippen LogP contribution in [-0.2, 0) is 16.1 Å². The molecular formula is C30H31N3O4. The summed E-state index contributed by atoms with van der Waals surface area (Å²) in [6.07, 6.45) is 3.80. The zero-order valence-corrected chi connectivity index (χ0v) is 21.0. The van der Waals surface area contributed by atoms with Gasteiger partial charge in [0.15, 0.2) is 0 Å². The van der Waals surface area contributed by atoms with Crippen molar-refractivity contribution in [2.24, 2.45) is 11.8 Å². The minimum absolute atomic E-state index is 0.120. The Balaban J connectivity index is 1.45. The molecule has 1 saturated heterocycles. The standard InChI is InChI=1S/C30H31N3O4/c1-3-8-21-13-16-25-27-23(17-32(25)30(21)37)24(18-34)28(33(27)26(35)4-2)29(36)31-22-14-11-20(12-15-22)19-9-6-5-7-10-19/h3,5-16,23-24,27-28,34H,4,17-18H2,1-2H3,(H,31,36)/b8-3+/t23-,24-,27+,28-/m0/s1. The van der Waals surface area contributed by atoms with Crippen molar-refractivity contribution in [3.05, 3.63) is 94.4 Å². The van der Waals surface area contributed by atoms with E-state index in [2.05, 4.69) is 5.32 Å². The molecule has 7 nitrogen and oxygen atoms in total. The molecule has 2 aliphatic heterocycles. The van der Waals surface area contributed by atoms with Gasteiger partial charge in [0.2, 0.25) is 11.8 Å². The first kappa shape index (κ1) is 24.7. The third kappa shape index (κ3) is 4.29. The fourth-order valence-corrected chi connectivity index (χ4v) is 5.87. The molecule has 190 valence electrons. The van der Waals surface area contributed by atoms with Crippen LogP contribution >= 0.6 is 0 Å². The van der Waals surface area contributed by atoms with E-state index in [1.807, 2.05) is 73.7 Å². The van der Waals surface area contributed by atoms with E-state index >= 15 is 0 Å². The number of aliphatic hydroxyl groups excluding tert-OH is 1. The molecule has 0 aliphatic carbocycles. The second-order valence-corrected chi connectivity index (χ2v) is 9.62. The Kier molecular flexibility index (Phi) is 6.80. The number of aliphatic hydroxyl groups is 1. The number of likely N-dealkylation sites (tertiary alicyclic amines) is 1. The lowest BCUT2D eigenvalue weighted by Gasteiger charge is -2.30. The molecule has 5 rings (SSSR count). The molecule has 2 amide bonds. The molecule has 2 aromatic carbocycles. The van der Waals surface area contributed by atoms with Crippen molar-refractivity contribution < 1.29 is 14.7 Å². The van der Waals surface area contributed by atoms with E-state index < -0.39 is 18.0 Å². The first-order valence-electron chi connectivity index (χ1n) is 12.7. The SMILES string of the molecule is C/C=C/c1ccc2n(c1=O)C[C@H]1[C@H](CO)[C@@H](C(=O)Nc3ccc(-c4ccccc4)cc3)N(C(=O)CC)[C@@H]21. The van der Waals surface area contributed by atoms with E-state index in [0.29, 0.717) is 23.5 Å². The average molecular weight is 498 g/mol. The van der Waals surface area contributed by atoms with Gasteiger partial charge in [-0.2, -0.15) is 0 Å². The number of allylic oxidation sites excluding steroid dienone is 1. The van der Waals surface area contributed by atoms with Crippen LogP contribution in [0.2, 0.25) is 0 Å². The number of benzene rings is 2. The van der Waals surface area contributed by atoms with Gasteiger partial charge in [0.05, 0.1) is 6.04 Å². The third-order valence-electron chi connectivity index (χ3n) is 7.57. The van der Waals surface area contributed by atoms with Crippen molar-refractivity contribution in [2.45, 2.75) is 38.9 Å². The molecule has 2 N–H and O–H groups in total. The fourth-order valence-electron chi connectivity index (χ4n) is 5.87. The summed E-state index contributed by atoms with van der Waals surface area (Å²) in [5, 5.41) is 13.4. The zero-order chi connectivity index (χ0) is 26.1. The van der Waals surface area contributed by atoms with E-state index in [9.17, 15) is 19.5 Å². The number of carbonyl (C=O) groups excluding carboxylic acids is 2. The lowest BCUT2D eigenvalue weighted by atomic mass is 9.88. The molecule has 3 heterocycles. The average Bonchev–Trinajstić information content (AvgIpc) is 3.46. The van der Waals surface area contributed by atoms with Crippen LogP contribution in [0.25, 0.3) is 17.2 Å². The van der Waals surface area contributed by atoms with Gasteiger partial charge in [0.1, 0.15) is 6.04 Å². The Morgan fingerprint density at radius 1 is 1.03 bits per heavy atom. The highest BCUT2D eigenvalue weighted by atomic mass is 16.3. The van der Waals surface area contributed by atoms with Gasteiger partial charge in [0.25, 0.3) is 5.56 Å². The van der Waals surface area contributed by atoms with Gasteiger partial charge < -0.3 is 19.9 Å². The quantitative estimate of drug-likeness (QED) is 0.537. The Morgan fingerprint density at radius 3 is 2.38 bits per heavy atom. The molecule has 0 bridgehead atoms. The number of fused-ring (bicyclic) bond motifs is 3. The molecule has 3 aromatic rings. The van der Waals surface area contributed by atoms with E-state index in [0.717, 1.165) is 11.1 Å². The summed E-state index contributed by atoms with van der Waals surface area (Å²) < 4.78 is 1.69. The maximum Gasteiger partial charge on any atom is 0.258 e. The number of hydrogen-bond acceptors (Lipinski definition) is 4. The summed E-state index contributed by atoms with van der Waals surface area (Å²) in [5.41, 5.74) is 3.90. The lowest BCUT2D eigenvalue weighted by molar-refractivity contribution is -0.139. The van der Waals surface area contributed by atoms with Crippen molar-refractivity contribution in [3.63, 3.8) is 0 Å². The van der Waals surface area contributed by atoms with Crippen molar-refractivity contribution in [1.29, 1.82) is 0 Å². The maximum atomic E-state index is 13.6. The Hall–Kier alpha value is -3.97. The molecule has 0 spiro atoms. The van der Waals surface area contributed by atoms with Crippen molar-refractivity contribution in [2.75, 3.05) is 11.9 Å². The molecule has 2 aliphatic rings. The van der Waals surface area contributed by atoms with Gasteiger partial charge in [-0.05, 0) is 42.3 Å². The monoisotopic (exact) mass is 497 g/mol. The number of nitrogens with one attached hydrogen (secondary N) is 1. The first-order chi connectivity index (χ1) is 18.0. The van der Waals surface area contributed by atoms with E-state index in [1.54, 1.807) is 28.5 Å². The van der Waals surface area contributed by atoms with Crippen molar-refractivity contribution >= 4 is 23.6 Å². The number of rotatable bonds is 6. The number of anilines is 1. The Bertz CT molecular complexity index is 1390. The Morgan fingerprint density at radius 2 is 1.73 bits per heavy atom. The van der Waals surface area contributed by atoms with Gasteiger partial charge >= 0.3 is 0 Å². The molecule has 37 heavy (non-hydrogen) atoms. The smallest absolute Gasteiger partial charge is 0.258 e. The van der Waals surface area contributed by atoms with Crippen LogP contribution in [0.3, 0.4) is 0 Å². The zero-order valence-electron chi connectivity index (χ0n) is 21.0. The van der Waals surface area contributed by atoms with Gasteiger partial charge in [0, 0.05) is 48.4 Å². The third-order valence-corrected chi connectivity index (χ3v) is 7.57. The van der Waals surface area contributed by atoms with Gasteiger partial charge in [-0.1, -0.05) is 61.5 Å². The number of pyridine rings is 1. The highest BCUT2D eigenvalue weighted by Crippen LogP contribution is 2.49. The second kappa shape index (κ2) is 10.2. The predicted molar refractivity (Wildman–Crippen MR) is 144 cm³/mol. The lowest BCUT2D eigenvalue weighted by Crippen LogP contribution is -2.48. The van der Waals surface area contributed by atoms with Crippen LogP contribution in [0.15, 0.2) is 77.6 Å². The number of nitrogens with zero attached hydrogens (tertiary/aromatic N) is 2. The highest BCUT2D eigenvalue weighted by molar-refractivity contribution is 5.98. The molecule has 4 atom stereocenters. The van der Waals surface area contributed by atoms with Crippen LogP contribution in [0, 0.1) is 11.8 Å². The van der Waals surface area contributed by atoms with Crippen LogP contribution in [-0.4, -0.2) is 39.0 Å². The summed E-state index contributed by atoms with van der Waals surface area (Å²) in [5.74, 6) is -1.23. The van der Waals surface area contributed by atoms with Crippen LogP contribution in [0.1, 0.15) is 37.6 Å². The molecule has 0 radical (unpaired) electrons. The normalized spacial score (nSPS) is 22.2. The van der Waals surface area contributed by atoms with E-state index in [-0.39, 0.29) is 36.3 Å². The van der Waals surface area contributed by atoms with Gasteiger partial charge in [-0.15, -0.1) is 0 Å². The summed E-state index contributed by atoms with van der Waals surface area (Å²) in [6, 6.07) is 19.9. The molecule has 1 aromatic heterocycles. The van der Waals surface area contributed by atoms with Crippen LogP contribution < -0.4 is 10.9 Å². The van der Waals surface area contributed by atoms with E-state index in [1.165, 1.54) is 0 Å². The number of aromatic nitrogens is 1. The topological polar surface area (TPSA) is 91.6 Å². The van der Waals surface area contributed by atoms with Gasteiger partial charge in [-0.25, -0.2) is 0 Å². The van der Waals surface area contributed by atoms with E-state index in [4.69, 9.17) is 0 Å². The molecule has 0 unspecified atom stereocenters. The summed E-state index contributed by atoms with van der Waals surface area (Å²) in [7, 11) is 0. The largest absolute Gasteiger partial charge is 0.396 e. The van der Waals surface area contributed by atoms with Crippen LogP contribution in [0.4, 0.5) is 5.69 Å². The van der Waals surface area contributed by atoms with Gasteiger partial charge in [-0.3, -0.25) is 14.4 Å². The predicted octanol–water partition coefficient (Wildman–Crippen LogP) is 4.09. The summed E-state index contributed by atoms with van der Waals surface area (Å²) in [6.45, 7) is 3.72. The first-order valence-corrected chi connectivity index (χ1v) is 12.7. The van der Waals surface area contributed by atoms with Crippen molar-refractivity contribution in [3.8, 4) is 11.1 Å². The Labute approximate surface area is 216 Å². The number of carbonyl (C=O) groups is 2. The van der Waals surface area contributed by atoms with Crippen LogP contribution in [0.5, 0.6) is 0 Å². The van der Waals surface area contributed by atoms with Crippen molar-refractivity contribution in [1.82, 2.24) is 9.47 Å². The minimum Gasteiger partial charge on any atom is -0.396 e. The molecule has 1 fully saturated rings. The summed E-state index contributed by atoms with van der Waals surface area (Å²) >= 11 is 0. The maximum absolute atomic E-state index is 13.6. The number of amides is 2. The molecule has 0 saturated carbocycles. The highest BCUT2D eigenvalue weighted by Gasteiger charge is 2.57. The minimum atomic E-state index is -0.833. The summed E-state index contributed by atoms with van der Waals surface area (Å²) in [4.78, 5) is 41.5. The fraction of sp³-hybridized carbons (Fsp3) is 0.300. The molecular weight excluding hydrogens is 466 g/mol. The molecule has 7 heteroatoms.